The molecule has 11 heteroatoms. The molecule has 4 N–H and O–H groups in total. The number of nitrogens with zero attached hydrogens (tertiary/aromatic N) is 4. The first-order chi connectivity index (χ1) is 15.0. The molecule has 1 unspecified atom stereocenters. The lowest BCUT2D eigenvalue weighted by atomic mass is 9.90. The minimum Gasteiger partial charge on any atom is -0.377 e. The van der Waals surface area contributed by atoms with E-state index in [-0.39, 0.29) is 11.6 Å². The number of carbonyl (C=O) groups is 1. The Morgan fingerprint density at radius 3 is 2.84 bits per heavy atom. The van der Waals surface area contributed by atoms with Crippen LogP contribution in [0.2, 0.25) is 0 Å². The lowest BCUT2D eigenvalue weighted by molar-refractivity contribution is -0.0913. The molecule has 10 nitrogen and oxygen atoms in total. The van der Waals surface area contributed by atoms with E-state index in [9.17, 15) is 14.3 Å². The molecule has 1 aliphatic carbocycles. The van der Waals surface area contributed by atoms with E-state index in [2.05, 4.69) is 26.0 Å². The molecule has 0 aromatic carbocycles. The average molecular weight is 429 g/mol. The van der Waals surface area contributed by atoms with Crippen molar-refractivity contribution < 1.29 is 19.0 Å². The molecule has 0 radical (unpaired) electrons. The molecule has 1 saturated carbocycles. The molecule has 1 amide bonds. The molecule has 2 aromatic heterocycles. The van der Waals surface area contributed by atoms with Gasteiger partial charge in [-0.3, -0.25) is 4.79 Å². The monoisotopic (exact) mass is 429 g/mol. The number of amides is 1. The number of fused-ring (bicyclic) bond motifs is 1. The van der Waals surface area contributed by atoms with Crippen LogP contribution in [0, 0.1) is 0 Å². The number of nitrogens with one attached hydrogen (secondary N) is 3. The number of hydrogen-bond acceptors (Lipinski definition) is 8. The van der Waals surface area contributed by atoms with E-state index in [0.717, 1.165) is 0 Å². The van der Waals surface area contributed by atoms with Gasteiger partial charge < -0.3 is 30.7 Å². The Morgan fingerprint density at radius 1 is 1.35 bits per heavy atom. The van der Waals surface area contributed by atoms with Gasteiger partial charge in [-0.25, -0.2) is 9.37 Å². The van der Waals surface area contributed by atoms with Crippen molar-refractivity contribution in [3.8, 4) is 0 Å². The topological polar surface area (TPSA) is 116 Å². The lowest BCUT2D eigenvalue weighted by Gasteiger charge is -2.41. The molecule has 1 saturated heterocycles. The van der Waals surface area contributed by atoms with Crippen molar-refractivity contribution >= 4 is 23.2 Å². The summed E-state index contributed by atoms with van der Waals surface area (Å²) in [5, 5.41) is 23.9. The zero-order valence-electron chi connectivity index (χ0n) is 17.0. The zero-order valence-corrected chi connectivity index (χ0v) is 17.0. The van der Waals surface area contributed by atoms with Gasteiger partial charge in [0.05, 0.1) is 37.2 Å². The molecule has 3 atom stereocenters. The van der Waals surface area contributed by atoms with Crippen LogP contribution in [0.5, 0.6) is 0 Å². The van der Waals surface area contributed by atoms with Crippen LogP contribution in [0.1, 0.15) is 23.2 Å². The molecule has 164 valence electrons. The number of carbonyl (C=O) groups excluding carboxylic acids is 1. The van der Waals surface area contributed by atoms with E-state index in [1.165, 1.54) is 10.7 Å². The number of hydrogen-bond donors (Lipinski definition) is 4. The predicted octanol–water partition coefficient (Wildman–Crippen LogP) is 0.844. The largest absolute Gasteiger partial charge is 0.377 e. The molecule has 2 aromatic rings. The second-order valence-electron chi connectivity index (χ2n) is 7.84. The third-order valence-electron chi connectivity index (χ3n) is 5.89. The summed E-state index contributed by atoms with van der Waals surface area (Å²) in [6.07, 6.45) is 6.06. The molecule has 0 spiro atoms. The number of aliphatic hydroxyl groups is 1. The van der Waals surface area contributed by atoms with E-state index in [0.29, 0.717) is 49.0 Å². The van der Waals surface area contributed by atoms with Crippen molar-refractivity contribution in [3.05, 3.63) is 41.9 Å². The van der Waals surface area contributed by atoms with Crippen molar-refractivity contribution in [3.63, 3.8) is 0 Å². The third kappa shape index (κ3) is 3.49. The van der Waals surface area contributed by atoms with Crippen LogP contribution >= 0.6 is 0 Å². The Bertz CT molecular complexity index is 1060. The van der Waals surface area contributed by atoms with E-state index in [4.69, 9.17) is 4.74 Å². The van der Waals surface area contributed by atoms with Gasteiger partial charge in [-0.05, 0) is 25.0 Å². The van der Waals surface area contributed by atoms with Crippen LogP contribution < -0.4 is 16.0 Å². The van der Waals surface area contributed by atoms with Gasteiger partial charge in [0.1, 0.15) is 23.4 Å². The molecular weight excluding hydrogens is 405 g/mol. The first-order valence-electron chi connectivity index (χ1n) is 10.3. The molecule has 4 heterocycles. The highest BCUT2D eigenvalue weighted by molar-refractivity contribution is 6.00. The Kier molecular flexibility index (Phi) is 4.98. The lowest BCUT2D eigenvalue weighted by Crippen LogP contribution is -2.52. The van der Waals surface area contributed by atoms with E-state index < -0.39 is 24.3 Å². The van der Waals surface area contributed by atoms with Crippen molar-refractivity contribution in [2.45, 2.75) is 37.3 Å². The first kappa shape index (κ1) is 19.8. The van der Waals surface area contributed by atoms with E-state index in [1.807, 2.05) is 17.2 Å². The molecular formula is C20H24FN7O3. The number of alkyl halides is 1. The summed E-state index contributed by atoms with van der Waals surface area (Å²) in [6, 6.07) is 1.38. The Morgan fingerprint density at radius 2 is 2.19 bits per heavy atom. The van der Waals surface area contributed by atoms with Crippen molar-refractivity contribution in [1.82, 2.24) is 24.8 Å². The summed E-state index contributed by atoms with van der Waals surface area (Å²) in [4.78, 5) is 19.1. The van der Waals surface area contributed by atoms with Crippen LogP contribution in [0.3, 0.4) is 0 Å². The minimum absolute atomic E-state index is 0.121. The number of rotatable bonds is 6. The summed E-state index contributed by atoms with van der Waals surface area (Å²) in [6.45, 7) is 1.13. The van der Waals surface area contributed by atoms with Crippen molar-refractivity contribution in [2.75, 3.05) is 30.9 Å². The molecule has 2 fully saturated rings. The summed E-state index contributed by atoms with van der Waals surface area (Å²) in [5.41, 5.74) is 1.13. The number of aliphatic hydroxyl groups excluding tert-OH is 1. The van der Waals surface area contributed by atoms with Gasteiger partial charge in [-0.2, -0.15) is 9.61 Å². The highest BCUT2D eigenvalue weighted by Gasteiger charge is 2.33. The maximum atomic E-state index is 13.6. The fourth-order valence-corrected chi connectivity index (χ4v) is 3.78. The van der Waals surface area contributed by atoms with Gasteiger partial charge in [-0.15, -0.1) is 0 Å². The van der Waals surface area contributed by atoms with Gasteiger partial charge >= 0.3 is 0 Å². The highest BCUT2D eigenvalue weighted by atomic mass is 19.1. The number of allylic oxidation sites excluding steroid dienone is 2. The van der Waals surface area contributed by atoms with Crippen LogP contribution in [0.4, 0.5) is 16.0 Å². The van der Waals surface area contributed by atoms with Gasteiger partial charge in [0.25, 0.3) is 5.91 Å². The fourth-order valence-electron chi connectivity index (χ4n) is 3.78. The number of aromatic nitrogens is 3. The second kappa shape index (κ2) is 7.82. The summed E-state index contributed by atoms with van der Waals surface area (Å²) < 4.78 is 20.3. The number of ether oxygens (including phenoxy) is 1. The van der Waals surface area contributed by atoms with E-state index in [1.54, 1.807) is 19.2 Å². The van der Waals surface area contributed by atoms with Gasteiger partial charge in [0.2, 0.25) is 0 Å². The minimum atomic E-state index is -1.01. The Labute approximate surface area is 177 Å². The third-order valence-corrected chi connectivity index (χ3v) is 5.89. The Balaban J connectivity index is 1.41. The normalized spacial score (nSPS) is 25.6. The molecule has 3 aliphatic rings. The molecule has 2 aliphatic heterocycles. The Hall–Kier alpha value is -3.18. The maximum absolute atomic E-state index is 13.6. The van der Waals surface area contributed by atoms with Gasteiger partial charge in [0.15, 0.2) is 11.9 Å². The molecule has 31 heavy (non-hydrogen) atoms. The average Bonchev–Trinajstić information content (AvgIpc) is 3.16. The second-order valence-corrected chi connectivity index (χ2v) is 7.84. The number of halogens is 1. The zero-order chi connectivity index (χ0) is 21.5. The number of anilines is 2. The fraction of sp³-hybridized carbons (Fsp3) is 0.450. The first-order valence-corrected chi connectivity index (χ1v) is 10.3. The van der Waals surface area contributed by atoms with Gasteiger partial charge in [-0.1, -0.05) is 0 Å². The molecule has 5 rings (SSSR count). The van der Waals surface area contributed by atoms with E-state index >= 15 is 0 Å². The van der Waals surface area contributed by atoms with Crippen LogP contribution in [-0.4, -0.2) is 75.3 Å². The summed E-state index contributed by atoms with van der Waals surface area (Å²) in [7, 11) is 1.73. The van der Waals surface area contributed by atoms with Crippen LogP contribution in [0.25, 0.3) is 5.65 Å². The quantitative estimate of drug-likeness (QED) is 0.534. The van der Waals surface area contributed by atoms with Crippen molar-refractivity contribution in [2.24, 2.45) is 0 Å². The predicted molar refractivity (Wildman–Crippen MR) is 111 cm³/mol. The van der Waals surface area contributed by atoms with Crippen LogP contribution in [0.15, 0.2) is 36.3 Å². The highest BCUT2D eigenvalue weighted by Crippen LogP contribution is 2.26. The smallest absolute Gasteiger partial charge is 0.257 e. The van der Waals surface area contributed by atoms with Crippen LogP contribution in [-0.2, 0) is 4.74 Å². The maximum Gasteiger partial charge on any atom is 0.257 e. The SMILES string of the molecule is CNc1cc(NC2=CC=CN(C3COC3)C2O)nc2c(C(=O)N[C@H]3CC[C@@H]3F)cnn12. The standard InChI is InChI=1S/C20H24FN7O3/c1-22-17-7-16(24-15-3-2-6-27(20(15)30)11-9-31-10-11)26-18-12(8-23-28(17)18)19(29)25-14-5-4-13(14)21/h2-3,6-8,11,13-14,20,22,30H,4-5,9-10H2,1H3,(H,24,26)(H,25,29)/t13-,14-,20?/m0/s1. The van der Waals surface area contributed by atoms with Crippen molar-refractivity contribution in [1.29, 1.82) is 0 Å². The summed E-state index contributed by atoms with van der Waals surface area (Å²) in [5.74, 6) is 0.623. The van der Waals surface area contributed by atoms with Gasteiger partial charge in [0, 0.05) is 19.3 Å². The molecule has 0 bridgehead atoms. The summed E-state index contributed by atoms with van der Waals surface area (Å²) >= 11 is 0.